The van der Waals surface area contributed by atoms with Crippen molar-refractivity contribution >= 4 is 17.3 Å². The van der Waals surface area contributed by atoms with Gasteiger partial charge in [-0.25, -0.2) is 4.79 Å². The summed E-state index contributed by atoms with van der Waals surface area (Å²) >= 11 is 0. The summed E-state index contributed by atoms with van der Waals surface area (Å²) in [5, 5.41) is 21.9. The summed E-state index contributed by atoms with van der Waals surface area (Å²) in [5.74, 6) is -0.684. The van der Waals surface area contributed by atoms with E-state index < -0.39 is 15.8 Å². The summed E-state index contributed by atoms with van der Waals surface area (Å²) in [6, 6.07) is 6.87. The number of non-ortho nitro benzene ring substituents is 2. The van der Waals surface area contributed by atoms with Crippen LogP contribution in [0.25, 0.3) is 11.1 Å². The minimum atomic E-state index is -0.684. The van der Waals surface area contributed by atoms with E-state index in [-0.39, 0.29) is 23.4 Å². The fourth-order valence-electron chi connectivity index (χ4n) is 2.81. The van der Waals surface area contributed by atoms with Gasteiger partial charge < -0.3 is 4.74 Å². The number of nitrogens with zero attached hydrogens (tertiary/aromatic N) is 2. The SMILES string of the molecule is COC(=O)c1cc([N+](=O)[O-])cc2c1-c1ccc([N+](=O)[O-])cc1C2. The van der Waals surface area contributed by atoms with E-state index in [1.807, 2.05) is 0 Å². The zero-order valence-electron chi connectivity index (χ0n) is 11.9. The number of nitro groups is 2. The molecule has 0 radical (unpaired) electrons. The molecule has 0 amide bonds. The van der Waals surface area contributed by atoms with Crippen LogP contribution in [0.2, 0.25) is 0 Å². The van der Waals surface area contributed by atoms with Crippen molar-refractivity contribution in [2.45, 2.75) is 6.42 Å². The molecule has 0 unspecified atom stereocenters. The number of esters is 1. The minimum absolute atomic E-state index is 0.0642. The van der Waals surface area contributed by atoms with Crippen molar-refractivity contribution in [3.8, 4) is 11.1 Å². The summed E-state index contributed by atoms with van der Waals surface area (Å²) in [6.45, 7) is 0. The third-order valence-electron chi connectivity index (χ3n) is 3.77. The molecular weight excluding hydrogens is 304 g/mol. The lowest BCUT2D eigenvalue weighted by Crippen LogP contribution is -2.05. The van der Waals surface area contributed by atoms with Crippen molar-refractivity contribution in [3.63, 3.8) is 0 Å². The van der Waals surface area contributed by atoms with Crippen LogP contribution < -0.4 is 0 Å². The Morgan fingerprint density at radius 3 is 2.30 bits per heavy atom. The predicted molar refractivity (Wildman–Crippen MR) is 79.3 cm³/mol. The first kappa shape index (κ1) is 14.6. The zero-order valence-corrected chi connectivity index (χ0v) is 11.9. The molecule has 0 atom stereocenters. The summed E-state index contributed by atoms with van der Waals surface area (Å²) in [4.78, 5) is 32.8. The fraction of sp³-hybridized carbons (Fsp3) is 0.133. The fourth-order valence-corrected chi connectivity index (χ4v) is 2.81. The van der Waals surface area contributed by atoms with E-state index in [0.29, 0.717) is 22.3 Å². The van der Waals surface area contributed by atoms with Crippen LogP contribution in [-0.2, 0) is 11.2 Å². The molecule has 0 saturated carbocycles. The summed E-state index contributed by atoms with van der Waals surface area (Å²) < 4.78 is 4.70. The van der Waals surface area contributed by atoms with Crippen LogP contribution in [0.5, 0.6) is 0 Å². The Bertz CT molecular complexity index is 875. The number of nitro benzene ring substituents is 2. The van der Waals surface area contributed by atoms with Gasteiger partial charge in [-0.05, 0) is 29.2 Å². The Labute approximate surface area is 129 Å². The Kier molecular flexibility index (Phi) is 3.29. The first-order valence-electron chi connectivity index (χ1n) is 6.59. The van der Waals surface area contributed by atoms with Crippen molar-refractivity contribution in [1.82, 2.24) is 0 Å². The number of hydrogen-bond donors (Lipinski definition) is 0. The van der Waals surface area contributed by atoms with E-state index in [9.17, 15) is 25.0 Å². The Morgan fingerprint density at radius 2 is 1.70 bits per heavy atom. The number of carbonyl (C=O) groups is 1. The molecule has 1 aliphatic carbocycles. The largest absolute Gasteiger partial charge is 0.465 e. The third kappa shape index (κ3) is 2.30. The summed E-state index contributed by atoms with van der Waals surface area (Å²) in [7, 11) is 1.19. The lowest BCUT2D eigenvalue weighted by molar-refractivity contribution is -0.385. The van der Waals surface area contributed by atoms with Crippen LogP contribution in [0.1, 0.15) is 21.5 Å². The second-order valence-corrected chi connectivity index (χ2v) is 5.05. The number of rotatable bonds is 3. The Balaban J connectivity index is 2.24. The van der Waals surface area contributed by atoms with Crippen molar-refractivity contribution in [2.75, 3.05) is 7.11 Å². The predicted octanol–water partition coefficient (Wildman–Crippen LogP) is 2.86. The van der Waals surface area contributed by atoms with E-state index in [1.54, 1.807) is 6.07 Å². The number of fused-ring (bicyclic) bond motifs is 3. The number of ether oxygens (including phenoxy) is 1. The van der Waals surface area contributed by atoms with Gasteiger partial charge in [0.05, 0.1) is 22.5 Å². The van der Waals surface area contributed by atoms with Gasteiger partial charge in [-0.1, -0.05) is 0 Å². The average Bonchev–Trinajstić information content (AvgIpc) is 2.90. The van der Waals surface area contributed by atoms with Crippen molar-refractivity contribution in [1.29, 1.82) is 0 Å². The molecule has 8 heteroatoms. The zero-order chi connectivity index (χ0) is 16.7. The molecule has 0 bridgehead atoms. The van der Waals surface area contributed by atoms with Crippen molar-refractivity contribution in [3.05, 3.63) is 67.3 Å². The molecule has 0 fully saturated rings. The van der Waals surface area contributed by atoms with E-state index in [4.69, 9.17) is 4.74 Å². The maximum absolute atomic E-state index is 12.0. The minimum Gasteiger partial charge on any atom is -0.465 e. The standard InChI is InChI=1S/C15H10N2O6/c1-23-15(18)13-7-11(17(21)22)6-9-4-8-5-10(16(19)20)2-3-12(8)14(9)13/h2-3,5-7H,4H2,1H3. The molecule has 2 aromatic rings. The van der Waals surface area contributed by atoms with Gasteiger partial charge in [0.2, 0.25) is 0 Å². The van der Waals surface area contributed by atoms with Crippen LogP contribution in [0.15, 0.2) is 30.3 Å². The van der Waals surface area contributed by atoms with Crippen LogP contribution in [0, 0.1) is 20.2 Å². The van der Waals surface area contributed by atoms with Crippen molar-refractivity contribution in [2.24, 2.45) is 0 Å². The van der Waals surface area contributed by atoms with Gasteiger partial charge in [0, 0.05) is 29.8 Å². The van der Waals surface area contributed by atoms with E-state index >= 15 is 0 Å². The van der Waals surface area contributed by atoms with Gasteiger partial charge >= 0.3 is 5.97 Å². The highest BCUT2D eigenvalue weighted by Gasteiger charge is 2.29. The molecule has 2 aromatic carbocycles. The highest BCUT2D eigenvalue weighted by molar-refractivity contribution is 6.01. The van der Waals surface area contributed by atoms with E-state index in [0.717, 1.165) is 0 Å². The van der Waals surface area contributed by atoms with Crippen molar-refractivity contribution < 1.29 is 19.4 Å². The smallest absolute Gasteiger partial charge is 0.338 e. The molecule has 0 saturated heterocycles. The number of hydrogen-bond acceptors (Lipinski definition) is 6. The van der Waals surface area contributed by atoms with Crippen LogP contribution in [0.4, 0.5) is 11.4 Å². The quantitative estimate of drug-likeness (QED) is 0.417. The first-order chi connectivity index (χ1) is 10.9. The second-order valence-electron chi connectivity index (χ2n) is 5.05. The molecule has 116 valence electrons. The molecule has 8 nitrogen and oxygen atoms in total. The monoisotopic (exact) mass is 314 g/mol. The third-order valence-corrected chi connectivity index (χ3v) is 3.77. The number of benzene rings is 2. The normalized spacial score (nSPS) is 11.5. The van der Waals surface area contributed by atoms with Gasteiger partial charge in [0.1, 0.15) is 0 Å². The topological polar surface area (TPSA) is 113 Å². The first-order valence-corrected chi connectivity index (χ1v) is 6.59. The highest BCUT2D eigenvalue weighted by Crippen LogP contribution is 2.42. The van der Waals surface area contributed by atoms with Crippen LogP contribution in [-0.4, -0.2) is 22.9 Å². The number of methoxy groups -OCH3 is 1. The van der Waals surface area contributed by atoms with Crippen LogP contribution in [0.3, 0.4) is 0 Å². The highest BCUT2D eigenvalue weighted by atomic mass is 16.6. The van der Waals surface area contributed by atoms with Crippen LogP contribution >= 0.6 is 0 Å². The average molecular weight is 314 g/mol. The molecule has 0 heterocycles. The van der Waals surface area contributed by atoms with Gasteiger partial charge in [-0.2, -0.15) is 0 Å². The van der Waals surface area contributed by atoms with Gasteiger partial charge in [0.15, 0.2) is 0 Å². The molecule has 0 aromatic heterocycles. The number of carbonyl (C=O) groups excluding carboxylic acids is 1. The van der Waals surface area contributed by atoms with Gasteiger partial charge in [-0.3, -0.25) is 20.2 Å². The summed E-state index contributed by atoms with van der Waals surface area (Å²) in [6.07, 6.45) is 0.290. The Hall–Kier alpha value is -3.29. The lowest BCUT2D eigenvalue weighted by atomic mass is 9.98. The lowest BCUT2D eigenvalue weighted by Gasteiger charge is -2.08. The summed E-state index contributed by atoms with van der Waals surface area (Å²) in [5.41, 5.74) is 2.23. The maximum Gasteiger partial charge on any atom is 0.338 e. The molecular formula is C15H10N2O6. The Morgan fingerprint density at radius 1 is 1.04 bits per heavy atom. The van der Waals surface area contributed by atoms with Gasteiger partial charge in [-0.15, -0.1) is 0 Å². The molecule has 23 heavy (non-hydrogen) atoms. The van der Waals surface area contributed by atoms with E-state index in [2.05, 4.69) is 0 Å². The maximum atomic E-state index is 12.0. The molecule has 3 rings (SSSR count). The molecule has 0 spiro atoms. The molecule has 1 aliphatic rings. The van der Waals surface area contributed by atoms with E-state index in [1.165, 1.54) is 31.4 Å². The van der Waals surface area contributed by atoms with Gasteiger partial charge in [0.25, 0.3) is 11.4 Å². The second kappa shape index (κ2) is 5.16. The molecule has 0 N–H and O–H groups in total. The molecule has 0 aliphatic heterocycles.